The van der Waals surface area contributed by atoms with Gasteiger partial charge in [0.2, 0.25) is 10.0 Å². The van der Waals surface area contributed by atoms with E-state index in [0.717, 1.165) is 16.4 Å². The van der Waals surface area contributed by atoms with Crippen LogP contribution in [0.1, 0.15) is 10.4 Å². The number of primary sulfonamides is 1. The van der Waals surface area contributed by atoms with Gasteiger partial charge < -0.3 is 19.4 Å². The van der Waals surface area contributed by atoms with Gasteiger partial charge >= 0.3 is 0 Å². The number of fused-ring (bicyclic) bond motifs is 3. The molecule has 1 amide bonds. The fourth-order valence-corrected chi connectivity index (χ4v) is 4.50. The number of nitrogens with one attached hydrogen (secondary N) is 1. The van der Waals surface area contributed by atoms with Crippen LogP contribution in [0.4, 0.5) is 11.4 Å². The van der Waals surface area contributed by atoms with Gasteiger partial charge in [-0.25, -0.2) is 13.6 Å². The van der Waals surface area contributed by atoms with E-state index in [0.29, 0.717) is 43.3 Å². The molecule has 1 aliphatic heterocycles. The third-order valence-corrected chi connectivity index (χ3v) is 6.44. The summed E-state index contributed by atoms with van der Waals surface area (Å²) in [5.41, 5.74) is 2.80. The summed E-state index contributed by atoms with van der Waals surface area (Å²) in [5, 5.41) is 10.1. The molecule has 32 heavy (non-hydrogen) atoms. The third kappa shape index (κ3) is 3.81. The van der Waals surface area contributed by atoms with Gasteiger partial charge in [-0.05, 0) is 36.4 Å². The van der Waals surface area contributed by atoms with Crippen LogP contribution in [0.5, 0.6) is 0 Å². The van der Waals surface area contributed by atoms with E-state index < -0.39 is 15.9 Å². The largest absolute Gasteiger partial charge is 0.456 e. The predicted molar refractivity (Wildman–Crippen MR) is 123 cm³/mol. The highest BCUT2D eigenvalue weighted by Crippen LogP contribution is 2.31. The molecule has 0 spiro atoms. The summed E-state index contributed by atoms with van der Waals surface area (Å²) in [7, 11) is -3.96. The summed E-state index contributed by atoms with van der Waals surface area (Å²) >= 11 is 0. The first-order valence-corrected chi connectivity index (χ1v) is 11.7. The van der Waals surface area contributed by atoms with Crippen LogP contribution in [0.3, 0.4) is 0 Å². The summed E-state index contributed by atoms with van der Waals surface area (Å²) in [6, 6.07) is 17.5. The molecule has 3 N–H and O–H groups in total. The number of morpholine rings is 1. The van der Waals surface area contributed by atoms with Gasteiger partial charge in [0.15, 0.2) is 0 Å². The van der Waals surface area contributed by atoms with Gasteiger partial charge in [-0.3, -0.25) is 4.79 Å². The van der Waals surface area contributed by atoms with Crippen molar-refractivity contribution in [1.29, 1.82) is 0 Å². The van der Waals surface area contributed by atoms with Crippen LogP contribution in [0.2, 0.25) is 0 Å². The van der Waals surface area contributed by atoms with Gasteiger partial charge in [0.25, 0.3) is 5.91 Å². The number of nitrogens with zero attached hydrogens (tertiary/aromatic N) is 1. The molecule has 5 rings (SSSR count). The van der Waals surface area contributed by atoms with E-state index in [-0.39, 0.29) is 10.5 Å². The quantitative estimate of drug-likeness (QED) is 0.492. The molecule has 2 heterocycles. The normalized spacial score (nSPS) is 14.7. The number of benzene rings is 3. The van der Waals surface area contributed by atoms with Crippen molar-refractivity contribution in [1.82, 2.24) is 0 Å². The highest BCUT2D eigenvalue weighted by molar-refractivity contribution is 7.89. The molecule has 0 atom stereocenters. The zero-order chi connectivity index (χ0) is 22.3. The second-order valence-electron chi connectivity index (χ2n) is 7.59. The minimum Gasteiger partial charge on any atom is -0.456 e. The van der Waals surface area contributed by atoms with Gasteiger partial charge in [-0.2, -0.15) is 0 Å². The monoisotopic (exact) mass is 451 g/mol. The molecular formula is C23H21N3O5S. The standard InChI is InChI=1S/C23H21N3O5S/c24-32(28,29)16-6-8-20(26-9-11-30-12-10-26)19(14-16)23(27)25-15-5-7-18-17-3-1-2-4-21(17)31-22(18)13-15/h1-8,13-14H,9-12H2,(H,25,27)(H2,24,28,29). The SMILES string of the molecule is NS(=O)(=O)c1ccc(N2CCOCC2)c(C(=O)Nc2ccc3c(c2)oc2ccccc23)c1. The molecule has 0 bridgehead atoms. The molecule has 1 aliphatic rings. The Hall–Kier alpha value is -3.40. The fraction of sp³-hybridized carbons (Fsp3) is 0.174. The van der Waals surface area contributed by atoms with E-state index in [1.54, 1.807) is 18.2 Å². The van der Waals surface area contributed by atoms with Gasteiger partial charge in [-0.1, -0.05) is 18.2 Å². The zero-order valence-electron chi connectivity index (χ0n) is 17.1. The highest BCUT2D eigenvalue weighted by Gasteiger charge is 2.22. The molecule has 9 heteroatoms. The third-order valence-electron chi connectivity index (χ3n) is 5.53. The van der Waals surface area contributed by atoms with Gasteiger partial charge in [-0.15, -0.1) is 0 Å². The van der Waals surface area contributed by atoms with Crippen molar-refractivity contribution in [3.63, 3.8) is 0 Å². The Morgan fingerprint density at radius 3 is 2.47 bits per heavy atom. The first-order valence-electron chi connectivity index (χ1n) is 10.1. The Bertz CT molecular complexity index is 1440. The van der Waals surface area contributed by atoms with Crippen molar-refractivity contribution in [2.45, 2.75) is 4.90 Å². The van der Waals surface area contributed by atoms with E-state index in [9.17, 15) is 13.2 Å². The van der Waals surface area contributed by atoms with E-state index in [4.69, 9.17) is 14.3 Å². The van der Waals surface area contributed by atoms with Crippen LogP contribution in [-0.2, 0) is 14.8 Å². The smallest absolute Gasteiger partial charge is 0.257 e. The van der Waals surface area contributed by atoms with Crippen LogP contribution in [-0.4, -0.2) is 40.6 Å². The lowest BCUT2D eigenvalue weighted by Gasteiger charge is -2.30. The van der Waals surface area contributed by atoms with E-state index >= 15 is 0 Å². The Labute approximate surface area is 184 Å². The fourth-order valence-electron chi connectivity index (χ4n) is 3.96. The average Bonchev–Trinajstić information content (AvgIpc) is 3.16. The summed E-state index contributed by atoms with van der Waals surface area (Å²) < 4.78 is 35.1. The topological polar surface area (TPSA) is 115 Å². The average molecular weight is 452 g/mol. The number of carbonyl (C=O) groups is 1. The van der Waals surface area contributed by atoms with E-state index in [1.165, 1.54) is 12.1 Å². The molecule has 0 radical (unpaired) electrons. The highest BCUT2D eigenvalue weighted by atomic mass is 32.2. The summed E-state index contributed by atoms with van der Waals surface area (Å²) in [6.45, 7) is 2.25. The number of furan rings is 1. The first kappa shape index (κ1) is 20.5. The lowest BCUT2D eigenvalue weighted by atomic mass is 10.1. The van der Waals surface area contributed by atoms with Crippen LogP contribution >= 0.6 is 0 Å². The number of hydrogen-bond donors (Lipinski definition) is 2. The van der Waals surface area contributed by atoms with Crippen LogP contribution in [0.15, 0.2) is 70.0 Å². The molecule has 0 saturated carbocycles. The van der Waals surface area contributed by atoms with Crippen molar-refractivity contribution >= 4 is 49.2 Å². The number of hydrogen-bond acceptors (Lipinski definition) is 6. The lowest BCUT2D eigenvalue weighted by molar-refractivity contribution is 0.102. The summed E-state index contributed by atoms with van der Waals surface area (Å²) in [4.78, 5) is 15.1. The van der Waals surface area contributed by atoms with Crippen molar-refractivity contribution < 1.29 is 22.4 Å². The number of carbonyl (C=O) groups excluding carboxylic acids is 1. The second-order valence-corrected chi connectivity index (χ2v) is 9.15. The molecule has 1 fully saturated rings. The minimum absolute atomic E-state index is 0.118. The number of ether oxygens (including phenoxy) is 1. The molecule has 1 aromatic heterocycles. The van der Waals surface area contributed by atoms with Crippen LogP contribution in [0, 0.1) is 0 Å². The van der Waals surface area contributed by atoms with Crippen molar-refractivity contribution in [2.75, 3.05) is 36.5 Å². The maximum atomic E-state index is 13.2. The molecule has 0 unspecified atom stereocenters. The van der Waals surface area contributed by atoms with Crippen LogP contribution < -0.4 is 15.4 Å². The Kier molecular flexibility index (Phi) is 5.09. The van der Waals surface area contributed by atoms with Crippen LogP contribution in [0.25, 0.3) is 21.9 Å². The molecule has 8 nitrogen and oxygen atoms in total. The minimum atomic E-state index is -3.96. The number of anilines is 2. The van der Waals surface area contributed by atoms with E-state index in [2.05, 4.69) is 5.32 Å². The number of rotatable bonds is 4. The Morgan fingerprint density at radius 2 is 1.69 bits per heavy atom. The number of nitrogens with two attached hydrogens (primary N) is 1. The zero-order valence-corrected chi connectivity index (χ0v) is 17.9. The van der Waals surface area contributed by atoms with Gasteiger partial charge in [0, 0.05) is 41.3 Å². The lowest BCUT2D eigenvalue weighted by Crippen LogP contribution is -2.37. The second kappa shape index (κ2) is 7.94. The number of para-hydroxylation sites is 1. The molecule has 3 aromatic carbocycles. The van der Waals surface area contributed by atoms with Gasteiger partial charge in [0.05, 0.1) is 23.7 Å². The molecule has 4 aromatic rings. The number of amides is 1. The first-order chi connectivity index (χ1) is 15.4. The Morgan fingerprint density at radius 1 is 0.938 bits per heavy atom. The number of sulfonamides is 1. The molecule has 1 saturated heterocycles. The maximum Gasteiger partial charge on any atom is 0.257 e. The van der Waals surface area contributed by atoms with Gasteiger partial charge in [0.1, 0.15) is 11.2 Å². The molecular weight excluding hydrogens is 430 g/mol. The van der Waals surface area contributed by atoms with Crippen molar-refractivity contribution in [2.24, 2.45) is 5.14 Å². The Balaban J connectivity index is 1.51. The van der Waals surface area contributed by atoms with E-state index in [1.807, 2.05) is 35.2 Å². The summed E-state index contributed by atoms with van der Waals surface area (Å²) in [5.74, 6) is -0.438. The molecule has 0 aliphatic carbocycles. The summed E-state index contributed by atoms with van der Waals surface area (Å²) in [6.07, 6.45) is 0. The maximum absolute atomic E-state index is 13.2. The predicted octanol–water partition coefficient (Wildman–Crippen LogP) is 3.32. The molecule has 164 valence electrons. The van der Waals surface area contributed by atoms with Crippen molar-refractivity contribution in [3.05, 3.63) is 66.2 Å². The van der Waals surface area contributed by atoms with Crippen molar-refractivity contribution in [3.8, 4) is 0 Å².